The molecule has 9 nitrogen and oxygen atoms in total. The minimum atomic E-state index is -0.0855. The number of carbonyl (C=O) groups excluding carboxylic acids is 1. The molecule has 26 heavy (non-hydrogen) atoms. The van der Waals surface area contributed by atoms with Crippen LogP contribution in [-0.4, -0.2) is 48.5 Å². The van der Waals surface area contributed by atoms with Crippen molar-refractivity contribution in [2.75, 3.05) is 18.4 Å². The standard InChI is InChI=1S/C17H22N8O/c1-12-9-13(2)25(23-12)16-10-15(21-14(3)22-16)18-6-7-19-17(26)11-24-8-4-5-20-24/h4-5,8-10H,6-7,11H2,1-3H3,(H,19,26)(H,18,21,22). The molecule has 0 aromatic carbocycles. The zero-order valence-corrected chi connectivity index (χ0v) is 15.1. The number of anilines is 1. The fraction of sp³-hybridized carbons (Fsp3) is 0.353. The van der Waals surface area contributed by atoms with E-state index in [4.69, 9.17) is 0 Å². The Kier molecular flexibility index (Phi) is 5.26. The van der Waals surface area contributed by atoms with Gasteiger partial charge in [-0.25, -0.2) is 14.6 Å². The van der Waals surface area contributed by atoms with E-state index >= 15 is 0 Å². The lowest BCUT2D eigenvalue weighted by atomic mass is 10.4. The molecule has 136 valence electrons. The van der Waals surface area contributed by atoms with Crippen molar-refractivity contribution in [2.24, 2.45) is 0 Å². The van der Waals surface area contributed by atoms with Gasteiger partial charge in [0, 0.05) is 37.2 Å². The summed E-state index contributed by atoms with van der Waals surface area (Å²) in [4.78, 5) is 20.6. The lowest BCUT2D eigenvalue weighted by molar-refractivity contribution is -0.121. The van der Waals surface area contributed by atoms with Gasteiger partial charge in [-0.1, -0.05) is 0 Å². The monoisotopic (exact) mass is 354 g/mol. The molecule has 0 aliphatic carbocycles. The first kappa shape index (κ1) is 17.6. The Hall–Kier alpha value is -3.23. The number of aromatic nitrogens is 6. The number of carbonyl (C=O) groups is 1. The third-order valence-electron chi connectivity index (χ3n) is 3.67. The Balaban J connectivity index is 1.55. The summed E-state index contributed by atoms with van der Waals surface area (Å²) in [6.07, 6.45) is 3.40. The van der Waals surface area contributed by atoms with Crippen LogP contribution >= 0.6 is 0 Å². The van der Waals surface area contributed by atoms with Crippen LogP contribution in [0.3, 0.4) is 0 Å². The third kappa shape index (κ3) is 4.44. The second-order valence-corrected chi connectivity index (χ2v) is 5.98. The molecule has 0 fully saturated rings. The van der Waals surface area contributed by atoms with Gasteiger partial charge in [0.1, 0.15) is 18.2 Å². The Morgan fingerprint density at radius 3 is 2.69 bits per heavy atom. The SMILES string of the molecule is Cc1cc(C)n(-c2cc(NCCNC(=O)Cn3cccn3)nc(C)n2)n1. The molecule has 0 radical (unpaired) electrons. The van der Waals surface area contributed by atoms with E-state index in [1.807, 2.05) is 32.9 Å². The van der Waals surface area contributed by atoms with Crippen LogP contribution in [0.25, 0.3) is 5.82 Å². The Bertz CT molecular complexity index is 884. The highest BCUT2D eigenvalue weighted by molar-refractivity contribution is 5.75. The number of amides is 1. The quantitative estimate of drug-likeness (QED) is 0.614. The number of nitrogens with zero attached hydrogens (tertiary/aromatic N) is 6. The van der Waals surface area contributed by atoms with Crippen LogP contribution in [0.2, 0.25) is 0 Å². The number of hydrogen-bond acceptors (Lipinski definition) is 6. The molecular weight excluding hydrogens is 332 g/mol. The molecule has 3 aromatic heterocycles. The summed E-state index contributed by atoms with van der Waals surface area (Å²) in [5.41, 5.74) is 1.95. The predicted molar refractivity (Wildman–Crippen MR) is 97.1 cm³/mol. The molecule has 0 saturated carbocycles. The minimum absolute atomic E-state index is 0.0855. The molecule has 1 amide bonds. The molecule has 0 aliphatic rings. The van der Waals surface area contributed by atoms with E-state index in [0.717, 1.165) is 11.4 Å². The van der Waals surface area contributed by atoms with E-state index in [1.165, 1.54) is 0 Å². The summed E-state index contributed by atoms with van der Waals surface area (Å²) < 4.78 is 3.37. The first-order valence-corrected chi connectivity index (χ1v) is 8.38. The number of hydrogen-bond donors (Lipinski definition) is 2. The Morgan fingerprint density at radius 1 is 1.15 bits per heavy atom. The van der Waals surface area contributed by atoms with Crippen molar-refractivity contribution in [3.8, 4) is 5.82 Å². The van der Waals surface area contributed by atoms with E-state index in [0.29, 0.717) is 30.5 Å². The van der Waals surface area contributed by atoms with Gasteiger partial charge in [0.05, 0.1) is 5.69 Å². The fourth-order valence-electron chi connectivity index (χ4n) is 2.60. The average molecular weight is 354 g/mol. The van der Waals surface area contributed by atoms with Crippen LogP contribution in [0.15, 0.2) is 30.6 Å². The van der Waals surface area contributed by atoms with Gasteiger partial charge in [0.25, 0.3) is 0 Å². The lowest BCUT2D eigenvalue weighted by Gasteiger charge is -2.10. The second kappa shape index (κ2) is 7.77. The largest absolute Gasteiger partial charge is 0.368 e. The molecule has 0 saturated heterocycles. The molecule has 2 N–H and O–H groups in total. The molecule has 3 rings (SSSR count). The van der Waals surface area contributed by atoms with E-state index in [2.05, 4.69) is 30.8 Å². The van der Waals surface area contributed by atoms with Crippen molar-refractivity contribution in [3.05, 3.63) is 47.8 Å². The van der Waals surface area contributed by atoms with E-state index < -0.39 is 0 Å². The van der Waals surface area contributed by atoms with Crippen molar-refractivity contribution in [1.29, 1.82) is 0 Å². The first-order chi connectivity index (χ1) is 12.5. The highest BCUT2D eigenvalue weighted by atomic mass is 16.2. The van der Waals surface area contributed by atoms with Gasteiger partial charge >= 0.3 is 0 Å². The van der Waals surface area contributed by atoms with Gasteiger partial charge in [-0.15, -0.1) is 0 Å². The van der Waals surface area contributed by atoms with Crippen LogP contribution in [0.4, 0.5) is 5.82 Å². The normalized spacial score (nSPS) is 10.7. The average Bonchev–Trinajstić information content (AvgIpc) is 3.20. The summed E-state index contributed by atoms with van der Waals surface area (Å²) in [5, 5.41) is 14.5. The summed E-state index contributed by atoms with van der Waals surface area (Å²) in [5.74, 6) is 1.98. The van der Waals surface area contributed by atoms with Gasteiger partial charge in [-0.2, -0.15) is 10.2 Å². The molecule has 9 heteroatoms. The van der Waals surface area contributed by atoms with Crippen LogP contribution in [0.1, 0.15) is 17.2 Å². The van der Waals surface area contributed by atoms with Crippen LogP contribution in [-0.2, 0) is 11.3 Å². The molecule has 0 aliphatic heterocycles. The maximum absolute atomic E-state index is 11.8. The molecular formula is C17H22N8O. The molecule has 3 heterocycles. The lowest BCUT2D eigenvalue weighted by Crippen LogP contribution is -2.31. The van der Waals surface area contributed by atoms with E-state index in [-0.39, 0.29) is 12.5 Å². The summed E-state index contributed by atoms with van der Waals surface area (Å²) in [7, 11) is 0. The second-order valence-electron chi connectivity index (χ2n) is 5.98. The maximum atomic E-state index is 11.8. The highest BCUT2D eigenvalue weighted by Crippen LogP contribution is 2.13. The minimum Gasteiger partial charge on any atom is -0.368 e. The zero-order chi connectivity index (χ0) is 18.5. The number of aryl methyl sites for hydroxylation is 3. The van der Waals surface area contributed by atoms with Crippen LogP contribution in [0, 0.1) is 20.8 Å². The molecule has 0 spiro atoms. The summed E-state index contributed by atoms with van der Waals surface area (Å²) >= 11 is 0. The summed E-state index contributed by atoms with van der Waals surface area (Å²) in [6, 6.07) is 5.63. The molecule has 3 aromatic rings. The van der Waals surface area contributed by atoms with Crippen molar-refractivity contribution < 1.29 is 4.79 Å². The maximum Gasteiger partial charge on any atom is 0.241 e. The first-order valence-electron chi connectivity index (χ1n) is 8.38. The summed E-state index contributed by atoms with van der Waals surface area (Å²) in [6.45, 7) is 7.02. The predicted octanol–water partition coefficient (Wildman–Crippen LogP) is 1.01. The van der Waals surface area contributed by atoms with Gasteiger partial charge in [-0.3, -0.25) is 9.48 Å². The molecule has 0 bridgehead atoms. The van der Waals surface area contributed by atoms with Crippen molar-refractivity contribution in [3.63, 3.8) is 0 Å². The van der Waals surface area contributed by atoms with Crippen molar-refractivity contribution in [1.82, 2.24) is 34.8 Å². The smallest absolute Gasteiger partial charge is 0.241 e. The number of nitrogens with one attached hydrogen (secondary N) is 2. The van der Waals surface area contributed by atoms with Crippen LogP contribution in [0.5, 0.6) is 0 Å². The van der Waals surface area contributed by atoms with Crippen molar-refractivity contribution >= 4 is 11.7 Å². The fourth-order valence-corrected chi connectivity index (χ4v) is 2.60. The van der Waals surface area contributed by atoms with Crippen molar-refractivity contribution in [2.45, 2.75) is 27.3 Å². The van der Waals surface area contributed by atoms with Gasteiger partial charge < -0.3 is 10.6 Å². The van der Waals surface area contributed by atoms with E-state index in [9.17, 15) is 4.79 Å². The van der Waals surface area contributed by atoms with Gasteiger partial charge in [0.15, 0.2) is 5.82 Å². The Morgan fingerprint density at radius 2 is 2.00 bits per heavy atom. The number of rotatable bonds is 7. The van der Waals surface area contributed by atoms with Crippen LogP contribution < -0.4 is 10.6 Å². The van der Waals surface area contributed by atoms with E-state index in [1.54, 1.807) is 27.8 Å². The topological polar surface area (TPSA) is 103 Å². The molecule has 0 atom stereocenters. The van der Waals surface area contributed by atoms with Gasteiger partial charge in [0.2, 0.25) is 5.91 Å². The Labute approximate surface area is 151 Å². The highest BCUT2D eigenvalue weighted by Gasteiger charge is 2.08. The third-order valence-corrected chi connectivity index (χ3v) is 3.67. The molecule has 0 unspecified atom stereocenters. The van der Waals surface area contributed by atoms with Gasteiger partial charge in [-0.05, 0) is 32.9 Å². The zero-order valence-electron chi connectivity index (χ0n) is 15.1.